The van der Waals surface area contributed by atoms with Crippen LogP contribution in [0.3, 0.4) is 0 Å². The predicted octanol–water partition coefficient (Wildman–Crippen LogP) is -0.207. The zero-order chi connectivity index (χ0) is 10.8. The lowest BCUT2D eigenvalue weighted by Gasteiger charge is -2.24. The zero-order valence-electron chi connectivity index (χ0n) is 8.34. The standard InChI is InChI=1S/C9H11N3O3/c1-2-12-4-7(3-10-12)11-5-8(13)15-9(14)6-11/h3-4H,2,5-6H2,1H3. The number of morpholine rings is 1. The molecule has 0 spiro atoms. The summed E-state index contributed by atoms with van der Waals surface area (Å²) in [5.74, 6) is -1.04. The van der Waals surface area contributed by atoms with E-state index in [4.69, 9.17) is 0 Å². The third-order valence-electron chi connectivity index (χ3n) is 2.18. The summed E-state index contributed by atoms with van der Waals surface area (Å²) in [6.45, 7) is 2.92. The van der Waals surface area contributed by atoms with E-state index in [1.807, 2.05) is 6.92 Å². The van der Waals surface area contributed by atoms with Gasteiger partial charge in [0.1, 0.15) is 13.1 Å². The van der Waals surface area contributed by atoms with Crippen LogP contribution in [-0.2, 0) is 20.9 Å². The van der Waals surface area contributed by atoms with Gasteiger partial charge in [0.25, 0.3) is 0 Å². The Hall–Kier alpha value is -1.85. The quantitative estimate of drug-likeness (QED) is 0.498. The maximum absolute atomic E-state index is 11.0. The van der Waals surface area contributed by atoms with E-state index >= 15 is 0 Å². The number of ether oxygens (including phenoxy) is 1. The van der Waals surface area contributed by atoms with Crippen LogP contribution in [0.1, 0.15) is 6.92 Å². The number of rotatable bonds is 2. The summed E-state index contributed by atoms with van der Waals surface area (Å²) >= 11 is 0. The molecule has 0 bridgehead atoms. The first-order chi connectivity index (χ1) is 7.19. The Morgan fingerprint density at radius 2 is 2.07 bits per heavy atom. The van der Waals surface area contributed by atoms with Crippen molar-refractivity contribution in [3.63, 3.8) is 0 Å². The van der Waals surface area contributed by atoms with E-state index < -0.39 is 11.9 Å². The van der Waals surface area contributed by atoms with Crippen molar-refractivity contribution in [3.8, 4) is 0 Å². The monoisotopic (exact) mass is 209 g/mol. The predicted molar refractivity (Wildman–Crippen MR) is 51.2 cm³/mol. The normalized spacial score (nSPS) is 16.7. The number of anilines is 1. The van der Waals surface area contributed by atoms with Crippen molar-refractivity contribution in [2.75, 3.05) is 18.0 Å². The van der Waals surface area contributed by atoms with Gasteiger partial charge in [-0.1, -0.05) is 0 Å². The van der Waals surface area contributed by atoms with E-state index in [1.54, 1.807) is 22.0 Å². The first-order valence-corrected chi connectivity index (χ1v) is 4.70. The van der Waals surface area contributed by atoms with E-state index in [1.165, 1.54) is 0 Å². The minimum absolute atomic E-state index is 0.0984. The van der Waals surface area contributed by atoms with E-state index in [2.05, 4.69) is 9.84 Å². The molecule has 80 valence electrons. The number of hydrogen-bond acceptors (Lipinski definition) is 5. The molecule has 6 nitrogen and oxygen atoms in total. The summed E-state index contributed by atoms with van der Waals surface area (Å²) in [6, 6.07) is 0. The fourth-order valence-electron chi connectivity index (χ4n) is 1.43. The molecule has 0 aromatic carbocycles. The molecule has 0 amide bonds. The first-order valence-electron chi connectivity index (χ1n) is 4.70. The van der Waals surface area contributed by atoms with Crippen molar-refractivity contribution in [1.82, 2.24) is 9.78 Å². The summed E-state index contributed by atoms with van der Waals surface area (Å²) in [4.78, 5) is 23.7. The smallest absolute Gasteiger partial charge is 0.333 e. The summed E-state index contributed by atoms with van der Waals surface area (Å²) < 4.78 is 6.16. The van der Waals surface area contributed by atoms with Crippen LogP contribution in [0.5, 0.6) is 0 Å². The van der Waals surface area contributed by atoms with Crippen molar-refractivity contribution >= 4 is 17.6 Å². The van der Waals surface area contributed by atoms with Crippen molar-refractivity contribution in [2.24, 2.45) is 0 Å². The summed E-state index contributed by atoms with van der Waals surface area (Å²) in [7, 11) is 0. The van der Waals surface area contributed by atoms with Gasteiger partial charge in [0, 0.05) is 12.7 Å². The van der Waals surface area contributed by atoms with Gasteiger partial charge in [0.2, 0.25) is 0 Å². The second kappa shape index (κ2) is 3.72. The van der Waals surface area contributed by atoms with Gasteiger partial charge in [-0.3, -0.25) is 4.68 Å². The molecular weight excluding hydrogens is 198 g/mol. The van der Waals surface area contributed by atoms with E-state index in [0.717, 1.165) is 12.2 Å². The minimum Gasteiger partial charge on any atom is -0.390 e. The molecule has 0 radical (unpaired) electrons. The molecule has 1 aliphatic heterocycles. The second-order valence-corrected chi connectivity index (χ2v) is 3.26. The number of carbonyl (C=O) groups excluding carboxylic acids is 2. The number of cyclic esters (lactones) is 2. The van der Waals surface area contributed by atoms with Crippen LogP contribution < -0.4 is 4.90 Å². The number of hydrogen-bond donors (Lipinski definition) is 0. The Morgan fingerprint density at radius 1 is 1.40 bits per heavy atom. The number of aromatic nitrogens is 2. The molecule has 6 heteroatoms. The van der Waals surface area contributed by atoms with E-state index in [-0.39, 0.29) is 13.1 Å². The van der Waals surface area contributed by atoms with Crippen molar-refractivity contribution in [3.05, 3.63) is 12.4 Å². The second-order valence-electron chi connectivity index (χ2n) is 3.26. The van der Waals surface area contributed by atoms with Crippen LogP contribution in [0.4, 0.5) is 5.69 Å². The van der Waals surface area contributed by atoms with Crippen LogP contribution in [0.15, 0.2) is 12.4 Å². The number of esters is 2. The summed E-state index contributed by atoms with van der Waals surface area (Å²) in [6.07, 6.45) is 3.43. The highest BCUT2D eigenvalue weighted by Gasteiger charge is 2.25. The summed E-state index contributed by atoms with van der Waals surface area (Å²) in [5, 5.41) is 4.07. The molecule has 0 atom stereocenters. The third kappa shape index (κ3) is 1.98. The molecule has 1 aromatic rings. The van der Waals surface area contributed by atoms with Crippen LogP contribution in [0, 0.1) is 0 Å². The molecule has 15 heavy (non-hydrogen) atoms. The molecule has 1 fully saturated rings. The van der Waals surface area contributed by atoms with Crippen molar-refractivity contribution < 1.29 is 14.3 Å². The minimum atomic E-state index is -0.518. The highest BCUT2D eigenvalue weighted by Crippen LogP contribution is 2.14. The topological polar surface area (TPSA) is 64.4 Å². The van der Waals surface area contributed by atoms with Crippen LogP contribution >= 0.6 is 0 Å². The van der Waals surface area contributed by atoms with Gasteiger partial charge in [-0.25, -0.2) is 9.59 Å². The van der Waals surface area contributed by atoms with Gasteiger partial charge in [-0.15, -0.1) is 0 Å². The van der Waals surface area contributed by atoms with E-state index in [9.17, 15) is 9.59 Å². The van der Waals surface area contributed by atoms with Gasteiger partial charge in [0.05, 0.1) is 11.9 Å². The molecule has 0 saturated carbocycles. The highest BCUT2D eigenvalue weighted by atomic mass is 16.6. The fraction of sp³-hybridized carbons (Fsp3) is 0.444. The molecule has 1 saturated heterocycles. The number of carbonyl (C=O) groups is 2. The van der Waals surface area contributed by atoms with E-state index in [0.29, 0.717) is 0 Å². The Labute approximate surface area is 86.4 Å². The van der Waals surface area contributed by atoms with Crippen LogP contribution in [-0.4, -0.2) is 34.8 Å². The Morgan fingerprint density at radius 3 is 2.60 bits per heavy atom. The van der Waals surface area contributed by atoms with Crippen LogP contribution in [0.25, 0.3) is 0 Å². The SMILES string of the molecule is CCn1cc(N2CC(=O)OC(=O)C2)cn1. The Bertz CT molecular complexity index is 383. The Kier molecular flexibility index (Phi) is 2.40. The van der Waals surface area contributed by atoms with Gasteiger partial charge in [0.15, 0.2) is 0 Å². The highest BCUT2D eigenvalue weighted by molar-refractivity contribution is 5.94. The van der Waals surface area contributed by atoms with Gasteiger partial charge >= 0.3 is 11.9 Å². The summed E-state index contributed by atoms with van der Waals surface area (Å²) in [5.41, 5.74) is 0.766. The first kappa shape index (κ1) is 9.70. The van der Waals surface area contributed by atoms with Gasteiger partial charge in [-0.2, -0.15) is 5.10 Å². The fourth-order valence-corrected chi connectivity index (χ4v) is 1.43. The average molecular weight is 209 g/mol. The van der Waals surface area contributed by atoms with Crippen molar-refractivity contribution in [2.45, 2.75) is 13.5 Å². The largest absolute Gasteiger partial charge is 0.390 e. The van der Waals surface area contributed by atoms with Crippen LogP contribution in [0.2, 0.25) is 0 Å². The molecule has 1 aromatic heterocycles. The lowest BCUT2D eigenvalue weighted by molar-refractivity contribution is -0.160. The maximum atomic E-state index is 11.0. The van der Waals surface area contributed by atoms with Crippen molar-refractivity contribution in [1.29, 1.82) is 0 Å². The zero-order valence-corrected chi connectivity index (χ0v) is 8.34. The molecular formula is C9H11N3O3. The Balaban J connectivity index is 2.15. The van der Waals surface area contributed by atoms with Gasteiger partial charge in [-0.05, 0) is 6.92 Å². The lowest BCUT2D eigenvalue weighted by atomic mass is 10.3. The molecule has 0 unspecified atom stereocenters. The average Bonchev–Trinajstić information content (AvgIpc) is 2.64. The number of aryl methyl sites for hydroxylation is 1. The molecule has 1 aliphatic rings. The molecule has 2 heterocycles. The lowest BCUT2D eigenvalue weighted by Crippen LogP contribution is -2.42. The van der Waals surface area contributed by atoms with Gasteiger partial charge < -0.3 is 9.64 Å². The molecule has 0 N–H and O–H groups in total. The maximum Gasteiger partial charge on any atom is 0.333 e. The number of nitrogens with zero attached hydrogens (tertiary/aromatic N) is 3. The molecule has 0 aliphatic carbocycles. The third-order valence-corrected chi connectivity index (χ3v) is 2.18. The molecule has 2 rings (SSSR count).